The van der Waals surface area contributed by atoms with E-state index in [2.05, 4.69) is 10.3 Å². The van der Waals surface area contributed by atoms with E-state index in [0.717, 1.165) is 0 Å². The van der Waals surface area contributed by atoms with Gasteiger partial charge in [0, 0.05) is 6.20 Å². The van der Waals surface area contributed by atoms with E-state index in [1.807, 2.05) is 0 Å². The maximum absolute atomic E-state index is 12.0. The van der Waals surface area contributed by atoms with E-state index in [1.165, 1.54) is 25.4 Å². The summed E-state index contributed by atoms with van der Waals surface area (Å²) < 4.78 is 9.99. The first-order chi connectivity index (χ1) is 11.0. The van der Waals surface area contributed by atoms with Gasteiger partial charge in [-0.3, -0.25) is 4.79 Å². The number of aromatic nitrogens is 1. The Morgan fingerprint density at radius 2 is 2.00 bits per heavy atom. The minimum Gasteiger partial charge on any atom is -0.496 e. The van der Waals surface area contributed by atoms with Crippen LogP contribution in [0.5, 0.6) is 5.75 Å². The summed E-state index contributed by atoms with van der Waals surface area (Å²) in [5.74, 6) is -0.757. The van der Waals surface area contributed by atoms with Crippen LogP contribution in [0.15, 0.2) is 36.5 Å². The van der Waals surface area contributed by atoms with Crippen molar-refractivity contribution in [3.05, 3.63) is 52.1 Å². The molecule has 1 N–H and O–H groups in total. The zero-order valence-electron chi connectivity index (χ0n) is 12.0. The number of methoxy groups -OCH3 is 1. The SMILES string of the molecule is COc1ccccc1C(=O)OCC(=O)Nc1ncc(Cl)cc1Cl. The third-order valence-corrected chi connectivity index (χ3v) is 3.22. The van der Waals surface area contributed by atoms with Gasteiger partial charge in [-0.15, -0.1) is 0 Å². The lowest BCUT2D eigenvalue weighted by Gasteiger charge is -2.09. The largest absolute Gasteiger partial charge is 0.496 e. The summed E-state index contributed by atoms with van der Waals surface area (Å²) in [4.78, 5) is 27.6. The van der Waals surface area contributed by atoms with Crippen molar-refractivity contribution in [3.63, 3.8) is 0 Å². The molecule has 120 valence electrons. The molecule has 0 radical (unpaired) electrons. The molecule has 8 heteroatoms. The van der Waals surface area contributed by atoms with Crippen LogP contribution < -0.4 is 10.1 Å². The van der Waals surface area contributed by atoms with Crippen LogP contribution in [0.25, 0.3) is 0 Å². The van der Waals surface area contributed by atoms with Gasteiger partial charge in [0.25, 0.3) is 5.91 Å². The number of anilines is 1. The van der Waals surface area contributed by atoms with Crippen LogP contribution in [0.3, 0.4) is 0 Å². The predicted octanol–water partition coefficient (Wildman–Crippen LogP) is 3.19. The molecule has 23 heavy (non-hydrogen) atoms. The number of halogens is 2. The van der Waals surface area contributed by atoms with Gasteiger partial charge in [0.2, 0.25) is 0 Å². The van der Waals surface area contributed by atoms with Crippen LogP contribution in [0.4, 0.5) is 5.82 Å². The van der Waals surface area contributed by atoms with Gasteiger partial charge in [-0.25, -0.2) is 9.78 Å². The van der Waals surface area contributed by atoms with E-state index in [1.54, 1.807) is 18.2 Å². The molecule has 1 amide bonds. The van der Waals surface area contributed by atoms with E-state index in [9.17, 15) is 9.59 Å². The first-order valence-electron chi connectivity index (χ1n) is 6.42. The lowest BCUT2D eigenvalue weighted by atomic mass is 10.2. The topological polar surface area (TPSA) is 77.5 Å². The number of carbonyl (C=O) groups excluding carboxylic acids is 2. The number of carbonyl (C=O) groups is 2. The van der Waals surface area contributed by atoms with Gasteiger partial charge in [0.1, 0.15) is 11.3 Å². The predicted molar refractivity (Wildman–Crippen MR) is 86.2 cm³/mol. The van der Waals surface area contributed by atoms with Gasteiger partial charge in [0.05, 0.1) is 17.2 Å². The Hall–Kier alpha value is -2.31. The highest BCUT2D eigenvalue weighted by molar-refractivity contribution is 6.36. The molecule has 1 heterocycles. The average molecular weight is 355 g/mol. The molecule has 0 aliphatic heterocycles. The summed E-state index contributed by atoms with van der Waals surface area (Å²) in [5, 5.41) is 2.95. The Morgan fingerprint density at radius 1 is 1.26 bits per heavy atom. The maximum Gasteiger partial charge on any atom is 0.342 e. The second-order valence-corrected chi connectivity index (χ2v) is 5.15. The van der Waals surface area contributed by atoms with Crippen molar-refractivity contribution in [2.24, 2.45) is 0 Å². The number of hydrogen-bond donors (Lipinski definition) is 1. The van der Waals surface area contributed by atoms with Gasteiger partial charge in [-0.1, -0.05) is 35.3 Å². The molecule has 2 rings (SSSR count). The number of nitrogens with zero attached hydrogens (tertiary/aromatic N) is 1. The Labute approximate surface area is 142 Å². The molecule has 0 spiro atoms. The molecule has 0 aliphatic carbocycles. The zero-order valence-corrected chi connectivity index (χ0v) is 13.5. The standard InChI is InChI=1S/C15H12Cl2N2O4/c1-22-12-5-3-2-4-10(12)15(21)23-8-13(20)19-14-11(17)6-9(16)7-18-14/h2-7H,8H2,1H3,(H,18,19,20). The number of esters is 1. The highest BCUT2D eigenvalue weighted by atomic mass is 35.5. The Balaban J connectivity index is 1.95. The number of ether oxygens (including phenoxy) is 2. The van der Waals surface area contributed by atoms with Crippen LogP contribution in [0.2, 0.25) is 10.0 Å². The first-order valence-corrected chi connectivity index (χ1v) is 7.18. The Morgan fingerprint density at radius 3 is 2.70 bits per heavy atom. The molecule has 1 aromatic carbocycles. The number of amides is 1. The van der Waals surface area contributed by atoms with Crippen LogP contribution >= 0.6 is 23.2 Å². The van der Waals surface area contributed by atoms with E-state index >= 15 is 0 Å². The fourth-order valence-corrected chi connectivity index (χ4v) is 2.12. The second kappa shape index (κ2) is 7.80. The van der Waals surface area contributed by atoms with Crippen molar-refractivity contribution in [2.45, 2.75) is 0 Å². The molecule has 1 aromatic heterocycles. The highest BCUT2D eigenvalue weighted by Crippen LogP contribution is 2.22. The van der Waals surface area contributed by atoms with Crippen molar-refractivity contribution in [2.75, 3.05) is 19.0 Å². The van der Waals surface area contributed by atoms with Crippen LogP contribution in [-0.4, -0.2) is 30.6 Å². The van der Waals surface area contributed by atoms with Gasteiger partial charge in [0.15, 0.2) is 12.4 Å². The lowest BCUT2D eigenvalue weighted by molar-refractivity contribution is -0.119. The Bertz CT molecular complexity index is 737. The van der Waals surface area contributed by atoms with Gasteiger partial charge in [-0.05, 0) is 18.2 Å². The number of hydrogen-bond acceptors (Lipinski definition) is 5. The summed E-state index contributed by atoms with van der Waals surface area (Å²) in [6.45, 7) is -0.489. The molecule has 6 nitrogen and oxygen atoms in total. The van der Waals surface area contributed by atoms with Gasteiger partial charge < -0.3 is 14.8 Å². The molecular weight excluding hydrogens is 343 g/mol. The molecular formula is C15H12Cl2N2O4. The molecule has 0 saturated heterocycles. The van der Waals surface area contributed by atoms with E-state index in [0.29, 0.717) is 10.8 Å². The highest BCUT2D eigenvalue weighted by Gasteiger charge is 2.15. The first kappa shape index (κ1) is 17.1. The van der Waals surface area contributed by atoms with Crippen molar-refractivity contribution in [1.29, 1.82) is 0 Å². The van der Waals surface area contributed by atoms with Crippen molar-refractivity contribution in [1.82, 2.24) is 4.98 Å². The minimum absolute atomic E-state index is 0.134. The third kappa shape index (κ3) is 4.58. The summed E-state index contributed by atoms with van der Waals surface area (Å²) in [6.07, 6.45) is 1.34. The van der Waals surface area contributed by atoms with Crippen molar-refractivity contribution < 1.29 is 19.1 Å². The number of rotatable bonds is 5. The average Bonchev–Trinajstić information content (AvgIpc) is 2.55. The molecule has 0 aliphatic rings. The molecule has 0 bridgehead atoms. The van der Waals surface area contributed by atoms with Crippen molar-refractivity contribution in [3.8, 4) is 5.75 Å². The fraction of sp³-hybridized carbons (Fsp3) is 0.133. The summed E-state index contributed by atoms with van der Waals surface area (Å²) in [5.41, 5.74) is 0.227. The minimum atomic E-state index is -0.673. The van der Waals surface area contributed by atoms with Crippen molar-refractivity contribution >= 4 is 40.9 Å². The van der Waals surface area contributed by atoms with Crippen LogP contribution in [-0.2, 0) is 9.53 Å². The number of pyridine rings is 1. The van der Waals surface area contributed by atoms with Crippen LogP contribution in [0, 0.1) is 0 Å². The normalized spacial score (nSPS) is 10.0. The maximum atomic E-state index is 12.0. The quantitative estimate of drug-likeness (QED) is 0.834. The molecule has 0 saturated carbocycles. The van der Waals surface area contributed by atoms with Crippen LogP contribution in [0.1, 0.15) is 10.4 Å². The molecule has 2 aromatic rings. The number of nitrogens with one attached hydrogen (secondary N) is 1. The molecule has 0 unspecified atom stereocenters. The second-order valence-electron chi connectivity index (χ2n) is 4.31. The van der Waals surface area contributed by atoms with E-state index < -0.39 is 18.5 Å². The molecule has 0 fully saturated rings. The third-order valence-electron chi connectivity index (χ3n) is 2.73. The number of benzene rings is 1. The smallest absolute Gasteiger partial charge is 0.342 e. The summed E-state index contributed by atoms with van der Waals surface area (Å²) >= 11 is 11.6. The lowest BCUT2D eigenvalue weighted by Crippen LogP contribution is -2.21. The summed E-state index contributed by atoms with van der Waals surface area (Å²) in [7, 11) is 1.44. The fourth-order valence-electron chi connectivity index (χ4n) is 1.70. The van der Waals surface area contributed by atoms with Gasteiger partial charge in [-0.2, -0.15) is 0 Å². The monoisotopic (exact) mass is 354 g/mol. The van der Waals surface area contributed by atoms with E-state index in [-0.39, 0.29) is 16.4 Å². The number of para-hydroxylation sites is 1. The zero-order chi connectivity index (χ0) is 16.8. The van der Waals surface area contributed by atoms with E-state index in [4.69, 9.17) is 32.7 Å². The van der Waals surface area contributed by atoms with Gasteiger partial charge >= 0.3 is 5.97 Å². The Kier molecular flexibility index (Phi) is 5.78. The molecule has 0 atom stereocenters. The summed E-state index contributed by atoms with van der Waals surface area (Å²) in [6, 6.07) is 7.98.